The van der Waals surface area contributed by atoms with Crippen LogP contribution in [-0.4, -0.2) is 20.1 Å². The topological polar surface area (TPSA) is 50.4 Å². The van der Waals surface area contributed by atoms with E-state index in [1.165, 1.54) is 16.7 Å². The molecular formula is C14H22N2O2. The third-order valence-electron chi connectivity index (χ3n) is 3.18. The molecule has 1 aromatic carbocycles. The summed E-state index contributed by atoms with van der Waals surface area (Å²) < 4.78 is 5.28. The Hall–Kier alpha value is -1.55. The number of hydrazine groups is 1. The number of methoxy groups -OCH3 is 1. The number of hydrogen-bond donors (Lipinski definition) is 2. The van der Waals surface area contributed by atoms with Crippen molar-refractivity contribution in [1.29, 1.82) is 0 Å². The average molecular weight is 250 g/mol. The number of amides is 1. The molecule has 0 radical (unpaired) electrons. The maximum atomic E-state index is 11.3. The van der Waals surface area contributed by atoms with Crippen molar-refractivity contribution in [3.8, 4) is 5.75 Å². The van der Waals surface area contributed by atoms with Crippen molar-refractivity contribution in [3.63, 3.8) is 0 Å². The number of carbonyl (C=O) groups is 1. The summed E-state index contributed by atoms with van der Waals surface area (Å²) in [5.74, 6) is 0.949. The van der Waals surface area contributed by atoms with Crippen LogP contribution in [-0.2, 0) is 11.2 Å². The first-order valence-electron chi connectivity index (χ1n) is 6.18. The van der Waals surface area contributed by atoms with E-state index in [0.717, 1.165) is 18.6 Å². The highest BCUT2D eigenvalue weighted by Gasteiger charge is 2.07. The van der Waals surface area contributed by atoms with Crippen LogP contribution in [0.25, 0.3) is 0 Å². The highest BCUT2D eigenvalue weighted by molar-refractivity contribution is 5.75. The van der Waals surface area contributed by atoms with Crippen molar-refractivity contribution >= 4 is 5.91 Å². The second-order valence-electron chi connectivity index (χ2n) is 4.33. The Morgan fingerprint density at radius 3 is 2.61 bits per heavy atom. The van der Waals surface area contributed by atoms with Gasteiger partial charge in [-0.25, -0.2) is 5.43 Å². The van der Waals surface area contributed by atoms with Crippen molar-refractivity contribution in [3.05, 3.63) is 28.8 Å². The Labute approximate surface area is 109 Å². The van der Waals surface area contributed by atoms with E-state index < -0.39 is 0 Å². The number of aryl methyl sites for hydroxylation is 1. The van der Waals surface area contributed by atoms with Crippen LogP contribution in [0.15, 0.2) is 12.1 Å². The minimum Gasteiger partial charge on any atom is -0.496 e. The first-order valence-corrected chi connectivity index (χ1v) is 6.18. The van der Waals surface area contributed by atoms with Gasteiger partial charge in [0.15, 0.2) is 0 Å². The number of ether oxygens (including phenoxy) is 1. The van der Waals surface area contributed by atoms with Crippen molar-refractivity contribution in [2.24, 2.45) is 0 Å². The fourth-order valence-corrected chi connectivity index (χ4v) is 1.99. The molecule has 0 bridgehead atoms. The Balaban J connectivity index is 2.58. The van der Waals surface area contributed by atoms with E-state index in [9.17, 15) is 4.79 Å². The molecule has 0 aliphatic heterocycles. The van der Waals surface area contributed by atoms with Gasteiger partial charge in [0.25, 0.3) is 0 Å². The summed E-state index contributed by atoms with van der Waals surface area (Å²) in [5, 5.41) is 0. The van der Waals surface area contributed by atoms with Gasteiger partial charge < -0.3 is 4.74 Å². The standard InChI is InChI=1S/C14H22N2O2/c1-10-11(2)13(18-4)9-8-12(10)6-5-7-14(17)16-15-3/h8-9,15H,5-7H2,1-4H3,(H,16,17). The molecule has 1 amide bonds. The Bertz CT molecular complexity index is 417. The summed E-state index contributed by atoms with van der Waals surface area (Å²) in [6.45, 7) is 4.16. The summed E-state index contributed by atoms with van der Waals surface area (Å²) in [4.78, 5) is 11.3. The highest BCUT2D eigenvalue weighted by Crippen LogP contribution is 2.24. The molecule has 4 nitrogen and oxygen atoms in total. The lowest BCUT2D eigenvalue weighted by Gasteiger charge is -2.12. The van der Waals surface area contributed by atoms with E-state index in [1.807, 2.05) is 6.07 Å². The van der Waals surface area contributed by atoms with Crippen molar-refractivity contribution in [2.75, 3.05) is 14.2 Å². The fraction of sp³-hybridized carbons (Fsp3) is 0.500. The molecule has 1 aromatic rings. The summed E-state index contributed by atoms with van der Waals surface area (Å²) >= 11 is 0. The minimum absolute atomic E-state index is 0.0281. The van der Waals surface area contributed by atoms with Gasteiger partial charge in [-0.15, -0.1) is 0 Å². The van der Waals surface area contributed by atoms with E-state index in [0.29, 0.717) is 6.42 Å². The molecule has 0 unspecified atom stereocenters. The first kappa shape index (κ1) is 14.5. The summed E-state index contributed by atoms with van der Waals surface area (Å²) in [5.41, 5.74) is 8.91. The summed E-state index contributed by atoms with van der Waals surface area (Å²) in [7, 11) is 3.37. The Morgan fingerprint density at radius 1 is 1.28 bits per heavy atom. The molecular weight excluding hydrogens is 228 g/mol. The number of benzene rings is 1. The molecule has 0 fully saturated rings. The molecule has 0 saturated heterocycles. The SMILES string of the molecule is CNNC(=O)CCCc1ccc(OC)c(C)c1C. The Kier molecular flexibility index (Phi) is 5.65. The fourth-order valence-electron chi connectivity index (χ4n) is 1.99. The van der Waals surface area contributed by atoms with Gasteiger partial charge in [-0.3, -0.25) is 10.2 Å². The van der Waals surface area contributed by atoms with Gasteiger partial charge >= 0.3 is 0 Å². The first-order chi connectivity index (χ1) is 8.60. The van der Waals surface area contributed by atoms with Crippen LogP contribution in [0.2, 0.25) is 0 Å². The van der Waals surface area contributed by atoms with Gasteiger partial charge in [0, 0.05) is 13.5 Å². The minimum atomic E-state index is 0.0281. The van der Waals surface area contributed by atoms with Gasteiger partial charge in [-0.05, 0) is 49.4 Å². The molecule has 0 atom stereocenters. The van der Waals surface area contributed by atoms with Crippen LogP contribution in [0.1, 0.15) is 29.5 Å². The van der Waals surface area contributed by atoms with Crippen LogP contribution >= 0.6 is 0 Å². The molecule has 100 valence electrons. The molecule has 4 heteroatoms. The quantitative estimate of drug-likeness (QED) is 0.758. The van der Waals surface area contributed by atoms with Crippen LogP contribution in [0, 0.1) is 13.8 Å². The molecule has 2 N–H and O–H groups in total. The predicted molar refractivity (Wildman–Crippen MR) is 72.6 cm³/mol. The van der Waals surface area contributed by atoms with Crippen LogP contribution < -0.4 is 15.6 Å². The van der Waals surface area contributed by atoms with Crippen LogP contribution in [0.3, 0.4) is 0 Å². The summed E-state index contributed by atoms with van der Waals surface area (Å²) in [6, 6.07) is 4.07. The number of rotatable bonds is 6. The van der Waals surface area contributed by atoms with Crippen LogP contribution in [0.4, 0.5) is 0 Å². The largest absolute Gasteiger partial charge is 0.496 e. The Morgan fingerprint density at radius 2 is 2.00 bits per heavy atom. The molecule has 18 heavy (non-hydrogen) atoms. The maximum Gasteiger partial charge on any atom is 0.234 e. The van der Waals surface area contributed by atoms with Crippen molar-refractivity contribution < 1.29 is 9.53 Å². The van der Waals surface area contributed by atoms with Crippen molar-refractivity contribution in [1.82, 2.24) is 10.9 Å². The number of nitrogens with one attached hydrogen (secondary N) is 2. The van der Waals surface area contributed by atoms with Gasteiger partial charge in [0.1, 0.15) is 5.75 Å². The van der Waals surface area contributed by atoms with Crippen molar-refractivity contribution in [2.45, 2.75) is 33.1 Å². The number of carbonyl (C=O) groups excluding carboxylic acids is 1. The molecule has 0 aliphatic rings. The number of hydrogen-bond acceptors (Lipinski definition) is 3. The molecule has 0 saturated carbocycles. The summed E-state index contributed by atoms with van der Waals surface area (Å²) in [6.07, 6.45) is 2.29. The second kappa shape index (κ2) is 7.01. The van der Waals surface area contributed by atoms with E-state index in [1.54, 1.807) is 14.2 Å². The third kappa shape index (κ3) is 3.74. The molecule has 0 aliphatic carbocycles. The molecule has 0 heterocycles. The molecule has 1 rings (SSSR count). The van der Waals surface area contributed by atoms with E-state index in [4.69, 9.17) is 4.74 Å². The zero-order valence-corrected chi connectivity index (χ0v) is 11.6. The average Bonchev–Trinajstić information content (AvgIpc) is 2.35. The van der Waals surface area contributed by atoms with E-state index >= 15 is 0 Å². The van der Waals surface area contributed by atoms with E-state index in [2.05, 4.69) is 30.8 Å². The maximum absolute atomic E-state index is 11.3. The lowest BCUT2D eigenvalue weighted by Crippen LogP contribution is -2.33. The molecule has 0 spiro atoms. The van der Waals surface area contributed by atoms with Crippen LogP contribution in [0.5, 0.6) is 5.75 Å². The van der Waals surface area contributed by atoms with Gasteiger partial charge in [0.05, 0.1) is 7.11 Å². The molecule has 0 aromatic heterocycles. The zero-order valence-electron chi connectivity index (χ0n) is 11.6. The van der Waals surface area contributed by atoms with Gasteiger partial charge in [-0.2, -0.15) is 0 Å². The normalized spacial score (nSPS) is 10.2. The lowest BCUT2D eigenvalue weighted by molar-refractivity contribution is -0.122. The smallest absolute Gasteiger partial charge is 0.234 e. The lowest BCUT2D eigenvalue weighted by atomic mass is 9.98. The van der Waals surface area contributed by atoms with Gasteiger partial charge in [0.2, 0.25) is 5.91 Å². The highest BCUT2D eigenvalue weighted by atomic mass is 16.5. The monoisotopic (exact) mass is 250 g/mol. The van der Waals surface area contributed by atoms with E-state index in [-0.39, 0.29) is 5.91 Å². The third-order valence-corrected chi connectivity index (χ3v) is 3.18. The zero-order chi connectivity index (χ0) is 13.5. The second-order valence-corrected chi connectivity index (χ2v) is 4.33. The van der Waals surface area contributed by atoms with Gasteiger partial charge in [-0.1, -0.05) is 6.07 Å². The predicted octanol–water partition coefficient (Wildman–Crippen LogP) is 1.89.